The third-order valence-electron chi connectivity index (χ3n) is 13.2. The minimum Gasteiger partial charge on any atom is -0.508 e. The first-order valence-corrected chi connectivity index (χ1v) is 19.7. The highest BCUT2D eigenvalue weighted by atomic mass is 19.1. The molecule has 5 fully saturated rings. The van der Waals surface area contributed by atoms with Crippen molar-refractivity contribution in [2.45, 2.75) is 100 Å². The van der Waals surface area contributed by atoms with Crippen LogP contribution in [0.25, 0.3) is 22.5 Å². The van der Waals surface area contributed by atoms with Crippen LogP contribution in [-0.4, -0.2) is 102 Å². The number of benzene rings is 2. The molecule has 4 aliphatic heterocycles. The normalized spacial score (nSPS) is 32.8. The molecule has 0 bridgehead atoms. The number of β-amino-alcohol motifs (C(OH)–C–C–N with tert-alkyl or cyclic N) is 1. The van der Waals surface area contributed by atoms with Crippen molar-refractivity contribution in [2.75, 3.05) is 58.1 Å². The van der Waals surface area contributed by atoms with Gasteiger partial charge in [-0.2, -0.15) is 9.97 Å². The number of ether oxygens (including phenoxy) is 4. The summed E-state index contributed by atoms with van der Waals surface area (Å²) in [5, 5.41) is 25.8. The van der Waals surface area contributed by atoms with Gasteiger partial charge in [-0.1, -0.05) is 18.6 Å². The fourth-order valence-corrected chi connectivity index (χ4v) is 10.5. The summed E-state index contributed by atoms with van der Waals surface area (Å²) in [6.45, 7) is 5.07. The molecule has 11 nitrogen and oxygen atoms in total. The summed E-state index contributed by atoms with van der Waals surface area (Å²) in [4.78, 5) is 14.3. The number of halogens is 2. The highest BCUT2D eigenvalue weighted by molar-refractivity contribution is 5.89. The predicted octanol–water partition coefficient (Wildman–Crippen LogP) is 4.31. The Morgan fingerprint density at radius 1 is 1.02 bits per heavy atom. The molecule has 3 saturated heterocycles. The van der Waals surface area contributed by atoms with E-state index in [1.54, 1.807) is 19.1 Å². The van der Waals surface area contributed by atoms with Crippen LogP contribution in [0.15, 0.2) is 30.3 Å². The van der Waals surface area contributed by atoms with Gasteiger partial charge in [-0.15, -0.1) is 0 Å². The van der Waals surface area contributed by atoms with E-state index in [0.717, 1.165) is 70.9 Å². The predicted molar refractivity (Wildman–Crippen MR) is 198 cm³/mol. The molecular formula is C41H51F2N5O6. The van der Waals surface area contributed by atoms with Crippen molar-refractivity contribution >= 4 is 28.3 Å². The van der Waals surface area contributed by atoms with E-state index in [-0.39, 0.29) is 63.3 Å². The number of nitrogens with one attached hydrogen (secondary N) is 1. The molecule has 1 spiro atoms. The molecule has 5 heterocycles. The number of hydrogen-bond acceptors (Lipinski definition) is 11. The average Bonchev–Trinajstić information content (AvgIpc) is 3.50. The van der Waals surface area contributed by atoms with E-state index in [2.05, 4.69) is 10.2 Å². The molecular weight excluding hydrogens is 696 g/mol. The minimum atomic E-state index is -1.24. The lowest BCUT2D eigenvalue weighted by atomic mass is 9.72. The molecule has 0 radical (unpaired) electrons. The van der Waals surface area contributed by atoms with Crippen LogP contribution in [0.5, 0.6) is 11.8 Å². The summed E-state index contributed by atoms with van der Waals surface area (Å²) in [6, 6.07) is 7.08. The van der Waals surface area contributed by atoms with Gasteiger partial charge in [0.25, 0.3) is 0 Å². The van der Waals surface area contributed by atoms with Gasteiger partial charge in [0.2, 0.25) is 5.88 Å². The molecule has 0 amide bonds. The van der Waals surface area contributed by atoms with Crippen LogP contribution in [0.1, 0.15) is 82.7 Å². The quantitative estimate of drug-likeness (QED) is 0.321. The zero-order chi connectivity index (χ0) is 37.2. The van der Waals surface area contributed by atoms with Crippen LogP contribution in [0.2, 0.25) is 0 Å². The minimum absolute atomic E-state index is 0.0330. The van der Waals surface area contributed by atoms with Gasteiger partial charge in [0.15, 0.2) is 5.83 Å². The number of rotatable bonds is 7. The Bertz CT molecular complexity index is 2050. The molecule has 290 valence electrons. The molecule has 2 saturated carbocycles. The van der Waals surface area contributed by atoms with E-state index in [1.165, 1.54) is 31.7 Å². The maximum absolute atomic E-state index is 17.3. The van der Waals surface area contributed by atoms with E-state index in [4.69, 9.17) is 28.9 Å². The average molecular weight is 748 g/mol. The van der Waals surface area contributed by atoms with Crippen molar-refractivity contribution < 1.29 is 37.9 Å². The van der Waals surface area contributed by atoms with E-state index in [0.29, 0.717) is 43.0 Å². The highest BCUT2D eigenvalue weighted by Gasteiger charge is 2.52. The van der Waals surface area contributed by atoms with Crippen molar-refractivity contribution in [1.29, 1.82) is 0 Å². The smallest absolute Gasteiger partial charge is 0.319 e. The van der Waals surface area contributed by atoms with Gasteiger partial charge < -0.3 is 39.4 Å². The first-order chi connectivity index (χ1) is 26.1. The van der Waals surface area contributed by atoms with Crippen molar-refractivity contribution in [2.24, 2.45) is 5.41 Å². The van der Waals surface area contributed by atoms with Crippen LogP contribution in [0.3, 0.4) is 0 Å². The number of aromatic nitrogens is 2. The summed E-state index contributed by atoms with van der Waals surface area (Å²) >= 11 is 0. The molecule has 2 unspecified atom stereocenters. The van der Waals surface area contributed by atoms with Gasteiger partial charge >= 0.3 is 6.01 Å². The number of hydrogen-bond donors (Lipinski definition) is 3. The first kappa shape index (κ1) is 35.9. The van der Waals surface area contributed by atoms with Crippen LogP contribution in [0.4, 0.5) is 14.6 Å². The molecule has 6 aliphatic rings. The second-order valence-electron chi connectivity index (χ2n) is 16.8. The third kappa shape index (κ3) is 6.24. The van der Waals surface area contributed by atoms with Gasteiger partial charge in [0.1, 0.15) is 39.6 Å². The fourth-order valence-electron chi connectivity index (χ4n) is 10.5. The van der Waals surface area contributed by atoms with Crippen molar-refractivity contribution in [1.82, 2.24) is 20.2 Å². The number of aliphatic hydroxyl groups is 1. The van der Waals surface area contributed by atoms with Crippen LogP contribution >= 0.6 is 0 Å². The molecule has 54 heavy (non-hydrogen) atoms. The maximum Gasteiger partial charge on any atom is 0.319 e. The molecule has 13 heteroatoms. The molecule has 3 aromatic rings. The second kappa shape index (κ2) is 13.8. The Hall–Kier alpha value is -3.78. The Kier molecular flexibility index (Phi) is 9.14. The summed E-state index contributed by atoms with van der Waals surface area (Å²) < 4.78 is 57.0. The van der Waals surface area contributed by atoms with Gasteiger partial charge in [-0.25, -0.2) is 8.78 Å². The number of phenols is 1. The van der Waals surface area contributed by atoms with Crippen molar-refractivity contribution in [3.63, 3.8) is 0 Å². The lowest BCUT2D eigenvalue weighted by Crippen LogP contribution is -2.58. The largest absolute Gasteiger partial charge is 0.508 e. The Balaban J connectivity index is 1.11. The number of aromatic hydroxyl groups is 1. The van der Waals surface area contributed by atoms with Gasteiger partial charge in [-0.05, 0) is 100 Å². The molecule has 4 atom stereocenters. The van der Waals surface area contributed by atoms with E-state index in [1.807, 2.05) is 4.90 Å². The number of likely N-dealkylation sites (tertiary alicyclic amines) is 1. The Morgan fingerprint density at radius 3 is 2.61 bits per heavy atom. The molecule has 3 N–H and O–H groups in total. The van der Waals surface area contributed by atoms with E-state index < -0.39 is 23.3 Å². The summed E-state index contributed by atoms with van der Waals surface area (Å²) in [5.41, 5.74) is -0.964. The lowest BCUT2D eigenvalue weighted by molar-refractivity contribution is -0.175. The third-order valence-corrected chi connectivity index (χ3v) is 13.2. The number of phenolic OH excluding ortho intramolecular Hbond substituents is 1. The monoisotopic (exact) mass is 747 g/mol. The summed E-state index contributed by atoms with van der Waals surface area (Å²) in [6.07, 6.45) is 11.2. The second-order valence-corrected chi connectivity index (χ2v) is 16.8. The van der Waals surface area contributed by atoms with Gasteiger partial charge in [0, 0.05) is 29.4 Å². The molecule has 1 aromatic heterocycles. The number of methoxy groups -OCH3 is 1. The van der Waals surface area contributed by atoms with E-state index in [9.17, 15) is 10.2 Å². The zero-order valence-corrected chi connectivity index (χ0v) is 31.2. The molecule has 9 rings (SSSR count). The van der Waals surface area contributed by atoms with Crippen LogP contribution < -0.4 is 25.5 Å². The van der Waals surface area contributed by atoms with Gasteiger partial charge in [-0.3, -0.25) is 4.90 Å². The highest BCUT2D eigenvalue weighted by Crippen LogP contribution is 2.51. The standard InChI is InChI=1S/C41H51F2N5O6/c1-39(50)22-47(17-19-52-23-39)36-32-35(33(43)34(44-37(32)51-2)28-21-27(49)20-25-6-3-7-29(42)31(25)28)45-38(46-36)53-24-40-11-4-8-30(40)48(16-5-12-40)26-9-13-41(14-10-26)15-18-54-41/h3,6-7,20-21,26,30,34,44,49-50H,4-5,8-19,22-24H2,1-2H3/t26?,30?,34?,39-,40+,41?/m0/s1. The first-order valence-electron chi connectivity index (χ1n) is 19.7. The number of nitrogens with zero attached hydrogens (tertiary/aromatic N) is 4. The van der Waals surface area contributed by atoms with Crippen molar-refractivity contribution in [3.8, 4) is 11.8 Å². The van der Waals surface area contributed by atoms with E-state index >= 15 is 8.78 Å². The lowest BCUT2D eigenvalue weighted by Gasteiger charge is -2.53. The Morgan fingerprint density at radius 2 is 1.83 bits per heavy atom. The maximum atomic E-state index is 17.3. The zero-order valence-electron chi connectivity index (χ0n) is 31.2. The Labute approximate surface area is 313 Å². The topological polar surface area (TPSA) is 122 Å². The van der Waals surface area contributed by atoms with Crippen molar-refractivity contribution in [3.05, 3.63) is 52.3 Å². The summed E-state index contributed by atoms with van der Waals surface area (Å²) in [7, 11) is 1.46. The number of piperidine rings is 1. The van der Waals surface area contributed by atoms with Gasteiger partial charge in [0.05, 0.1) is 45.7 Å². The number of fused-ring (bicyclic) bond motifs is 3. The van der Waals surface area contributed by atoms with Crippen LogP contribution in [-0.2, 0) is 14.2 Å². The number of anilines is 1. The molecule has 2 aromatic carbocycles. The fraction of sp³-hybridized carbons (Fsp3) is 0.610. The summed E-state index contributed by atoms with van der Waals surface area (Å²) in [5.74, 6) is -0.853. The molecule has 2 aliphatic carbocycles. The van der Waals surface area contributed by atoms with Crippen LogP contribution in [0, 0.1) is 11.2 Å². The SMILES string of the molecule is COC1=c2c(N3CCOC[C@@](C)(O)C3)nc(OC[C@]34CCCC3N(C3CCC5(CCO5)CC3)CCC4)nc2=C(F)C(c2cc(O)cc3cccc(F)c23)N1.